The molecule has 2 aromatic rings. The lowest BCUT2D eigenvalue weighted by molar-refractivity contribution is 0.0233. The number of aromatic nitrogens is 2. The Morgan fingerprint density at radius 2 is 1.76 bits per heavy atom. The van der Waals surface area contributed by atoms with Gasteiger partial charge in [0.2, 0.25) is 0 Å². The van der Waals surface area contributed by atoms with Crippen LogP contribution in [0.5, 0.6) is 0 Å². The Kier molecular flexibility index (Phi) is 5.24. The second-order valence-electron chi connectivity index (χ2n) is 10.7. The van der Waals surface area contributed by atoms with Crippen molar-refractivity contribution >= 4 is 11.8 Å². The maximum atomic E-state index is 12.7. The van der Waals surface area contributed by atoms with E-state index in [0.717, 1.165) is 51.0 Å². The Morgan fingerprint density at radius 3 is 2.35 bits per heavy atom. The number of hydrogen-bond acceptors (Lipinski definition) is 6. The fraction of sp³-hybridized carbons (Fsp3) is 0.560. The third-order valence-electron chi connectivity index (χ3n) is 8.78. The molecular weight excluding hydrogens is 430 g/mol. The smallest absolute Gasteiger partial charge is 0.327 e. The number of likely N-dealkylation sites (tertiary alicyclic amines) is 2. The van der Waals surface area contributed by atoms with Crippen LogP contribution >= 0.6 is 0 Å². The molecule has 1 aromatic carbocycles. The third-order valence-corrected chi connectivity index (χ3v) is 8.78. The van der Waals surface area contributed by atoms with Crippen molar-refractivity contribution in [2.45, 2.75) is 44.3 Å². The lowest BCUT2D eigenvalue weighted by Gasteiger charge is -2.52. The van der Waals surface area contributed by atoms with Gasteiger partial charge in [-0.1, -0.05) is 12.1 Å². The van der Waals surface area contributed by atoms with Crippen LogP contribution in [0, 0.1) is 17.3 Å². The van der Waals surface area contributed by atoms with Gasteiger partial charge in [0.1, 0.15) is 5.82 Å². The third kappa shape index (κ3) is 3.81. The van der Waals surface area contributed by atoms with Gasteiger partial charge in [-0.25, -0.2) is 9.59 Å². The molecule has 2 amide bonds. The molecule has 0 radical (unpaired) electrons. The average Bonchev–Trinajstić information content (AvgIpc) is 3.23. The van der Waals surface area contributed by atoms with Crippen LogP contribution in [-0.4, -0.2) is 63.6 Å². The normalized spacial score (nSPS) is 29.5. The molecule has 5 N–H and O–H groups in total. The molecule has 9 heteroatoms. The molecule has 9 nitrogen and oxygen atoms in total. The molecule has 4 fully saturated rings. The van der Waals surface area contributed by atoms with Gasteiger partial charge in [0.25, 0.3) is 0 Å². The summed E-state index contributed by atoms with van der Waals surface area (Å²) >= 11 is 0. The summed E-state index contributed by atoms with van der Waals surface area (Å²) in [7, 11) is 0. The summed E-state index contributed by atoms with van der Waals surface area (Å²) in [5, 5.41) is 2.78. The zero-order valence-electron chi connectivity index (χ0n) is 19.4. The minimum Gasteiger partial charge on any atom is -0.327 e. The minimum atomic E-state index is -0.419. The zero-order valence-corrected chi connectivity index (χ0v) is 19.4. The molecule has 2 saturated heterocycles. The number of piperidine rings is 2. The molecule has 4 aliphatic rings. The first-order chi connectivity index (χ1) is 16.4. The molecule has 1 aromatic heterocycles. The van der Waals surface area contributed by atoms with E-state index in [1.54, 1.807) is 17.2 Å². The number of hydrogen-bond donors (Lipinski definition) is 3. The number of benzene rings is 1. The lowest BCUT2D eigenvalue weighted by atomic mass is 9.60. The number of anilines is 1. The molecular formula is C25H33N7O2. The highest BCUT2D eigenvalue weighted by Crippen LogP contribution is 2.48. The van der Waals surface area contributed by atoms with E-state index < -0.39 is 5.69 Å². The van der Waals surface area contributed by atoms with Crippen LogP contribution in [0.4, 0.5) is 10.6 Å². The Morgan fingerprint density at radius 1 is 1.06 bits per heavy atom. The number of carbonyl (C=O) groups excluding carboxylic acids is 1. The van der Waals surface area contributed by atoms with Crippen molar-refractivity contribution in [2.24, 2.45) is 28.7 Å². The first kappa shape index (κ1) is 21.8. The van der Waals surface area contributed by atoms with E-state index in [9.17, 15) is 9.59 Å². The molecule has 2 aliphatic heterocycles. The van der Waals surface area contributed by atoms with E-state index in [0.29, 0.717) is 31.0 Å². The number of nitrogens with two attached hydrogens (primary N) is 2. The van der Waals surface area contributed by atoms with Crippen LogP contribution in [0.3, 0.4) is 0 Å². The monoisotopic (exact) mass is 463 g/mol. The van der Waals surface area contributed by atoms with Crippen molar-refractivity contribution in [3.63, 3.8) is 0 Å². The number of nitrogens with one attached hydrogen (secondary N) is 1. The van der Waals surface area contributed by atoms with E-state index >= 15 is 0 Å². The molecule has 3 atom stereocenters. The topological polar surface area (TPSA) is 123 Å². The number of carbonyl (C=O) groups is 1. The van der Waals surface area contributed by atoms with Gasteiger partial charge in [-0.15, -0.1) is 0 Å². The summed E-state index contributed by atoms with van der Waals surface area (Å²) in [5.41, 5.74) is 14.0. The first-order valence-corrected chi connectivity index (χ1v) is 12.4. The van der Waals surface area contributed by atoms with Crippen molar-refractivity contribution in [3.05, 3.63) is 52.6 Å². The van der Waals surface area contributed by atoms with Crippen LogP contribution in [0.25, 0.3) is 5.69 Å². The average molecular weight is 464 g/mol. The van der Waals surface area contributed by atoms with Gasteiger partial charge < -0.3 is 16.4 Å². The van der Waals surface area contributed by atoms with Crippen molar-refractivity contribution in [1.29, 1.82) is 0 Å². The quantitative estimate of drug-likeness (QED) is 0.629. The van der Waals surface area contributed by atoms with Gasteiger partial charge in [-0.2, -0.15) is 4.98 Å². The van der Waals surface area contributed by atoms with E-state index in [4.69, 9.17) is 11.5 Å². The van der Waals surface area contributed by atoms with Crippen molar-refractivity contribution in [3.8, 4) is 5.69 Å². The fourth-order valence-corrected chi connectivity index (χ4v) is 6.16. The predicted molar refractivity (Wildman–Crippen MR) is 130 cm³/mol. The van der Waals surface area contributed by atoms with Crippen molar-refractivity contribution in [2.75, 3.05) is 31.5 Å². The Balaban J connectivity index is 1.05. The van der Waals surface area contributed by atoms with E-state index in [1.165, 1.54) is 10.1 Å². The summed E-state index contributed by atoms with van der Waals surface area (Å²) in [6, 6.07) is 10.1. The van der Waals surface area contributed by atoms with Gasteiger partial charge in [0, 0.05) is 51.0 Å². The summed E-state index contributed by atoms with van der Waals surface area (Å²) < 4.78 is 1.49. The van der Waals surface area contributed by atoms with E-state index in [2.05, 4.69) is 27.3 Å². The number of rotatable bonds is 4. The highest BCUT2D eigenvalue weighted by atomic mass is 16.2. The first-order valence-electron chi connectivity index (χ1n) is 12.4. The van der Waals surface area contributed by atoms with Crippen LogP contribution in [0.2, 0.25) is 0 Å². The second-order valence-corrected chi connectivity index (χ2v) is 10.7. The van der Waals surface area contributed by atoms with Gasteiger partial charge in [0.15, 0.2) is 0 Å². The molecule has 3 unspecified atom stereocenters. The number of urea groups is 1. The van der Waals surface area contributed by atoms with Crippen molar-refractivity contribution < 1.29 is 4.79 Å². The highest BCUT2D eigenvalue weighted by molar-refractivity contribution is 5.88. The number of nitrogens with zero attached hydrogens (tertiary/aromatic N) is 4. The summed E-state index contributed by atoms with van der Waals surface area (Å²) in [5.74, 6) is 1.63. The van der Waals surface area contributed by atoms with Gasteiger partial charge in [0.05, 0.1) is 5.69 Å². The molecule has 180 valence electrons. The SMILES string of the molecule is NC1C2CN(Cc3ccc(-n4ccc(NC(=O)N5CCC6(CCC6N)CC5)nc4=O)cc3)CC12. The molecule has 3 heterocycles. The molecule has 1 spiro atoms. The Hall–Kier alpha value is -2.75. The number of amides is 2. The molecule has 34 heavy (non-hydrogen) atoms. The zero-order chi connectivity index (χ0) is 23.4. The molecule has 2 aliphatic carbocycles. The molecule has 6 rings (SSSR count). The lowest BCUT2D eigenvalue weighted by Crippen LogP contribution is -2.57. The van der Waals surface area contributed by atoms with Crippen LogP contribution < -0.4 is 22.5 Å². The molecule has 2 saturated carbocycles. The number of fused-ring (bicyclic) bond motifs is 1. The van der Waals surface area contributed by atoms with Crippen LogP contribution in [0.1, 0.15) is 31.2 Å². The summed E-state index contributed by atoms with van der Waals surface area (Å²) in [6.45, 7) is 4.44. The van der Waals surface area contributed by atoms with Crippen molar-refractivity contribution in [1.82, 2.24) is 19.4 Å². The largest absolute Gasteiger partial charge is 0.354 e. The second kappa shape index (κ2) is 8.18. The van der Waals surface area contributed by atoms with Crippen LogP contribution in [-0.2, 0) is 6.54 Å². The van der Waals surface area contributed by atoms with Gasteiger partial charge in [-0.3, -0.25) is 14.8 Å². The predicted octanol–water partition coefficient (Wildman–Crippen LogP) is 1.36. The standard InChI is InChI=1S/C25H33N7O2/c26-20-5-7-25(20)8-11-31(12-9-25)23(33)28-21-6-10-32(24(34)29-21)17-3-1-16(2-4-17)13-30-14-18-19(15-30)22(18)27/h1-4,6,10,18-20,22H,5,7-9,11-15,26-27H2,(H,28,29,33,34). The van der Waals surface area contributed by atoms with Gasteiger partial charge in [-0.05, 0) is 66.7 Å². The maximum Gasteiger partial charge on any atom is 0.354 e. The molecule has 0 bridgehead atoms. The Labute approximate surface area is 199 Å². The highest BCUT2D eigenvalue weighted by Gasteiger charge is 2.53. The van der Waals surface area contributed by atoms with Gasteiger partial charge >= 0.3 is 11.7 Å². The van der Waals surface area contributed by atoms with Crippen LogP contribution in [0.15, 0.2) is 41.3 Å². The fourth-order valence-electron chi connectivity index (χ4n) is 6.16. The van der Waals surface area contributed by atoms with E-state index in [-0.39, 0.29) is 23.3 Å². The summed E-state index contributed by atoms with van der Waals surface area (Å²) in [4.78, 5) is 33.7. The maximum absolute atomic E-state index is 12.7. The Bertz CT molecular complexity index is 1130. The summed E-state index contributed by atoms with van der Waals surface area (Å²) in [6.07, 6.45) is 5.80. The van der Waals surface area contributed by atoms with E-state index in [1.807, 2.05) is 12.1 Å². The minimum absolute atomic E-state index is 0.211.